The molecule has 1 aliphatic carbocycles. The van der Waals surface area contributed by atoms with Crippen molar-refractivity contribution in [3.8, 4) is 0 Å². The van der Waals surface area contributed by atoms with Crippen LogP contribution >= 0.6 is 11.6 Å². The zero-order chi connectivity index (χ0) is 21.5. The first-order chi connectivity index (χ1) is 14.3. The van der Waals surface area contributed by atoms with Crippen LogP contribution in [-0.2, 0) is 24.3 Å². The molecule has 1 aliphatic rings. The van der Waals surface area contributed by atoms with Gasteiger partial charge < -0.3 is 5.32 Å². The summed E-state index contributed by atoms with van der Waals surface area (Å²) in [5, 5.41) is 3.84. The molecule has 1 amide bonds. The lowest BCUT2D eigenvalue weighted by atomic mass is 9.68. The van der Waals surface area contributed by atoms with Crippen molar-refractivity contribution in [1.29, 1.82) is 0 Å². The maximum absolute atomic E-state index is 13.5. The molecule has 7 nitrogen and oxygen atoms in total. The van der Waals surface area contributed by atoms with Gasteiger partial charge >= 0.3 is 5.69 Å². The van der Waals surface area contributed by atoms with Crippen LogP contribution < -0.4 is 16.6 Å². The van der Waals surface area contributed by atoms with E-state index in [1.165, 1.54) is 17.8 Å². The second kappa shape index (κ2) is 7.72. The number of fused-ring (bicyclic) bond motifs is 1. The van der Waals surface area contributed by atoms with Crippen LogP contribution in [0.5, 0.6) is 0 Å². The van der Waals surface area contributed by atoms with Gasteiger partial charge in [-0.1, -0.05) is 43.0 Å². The largest absolute Gasteiger partial charge is 0.332 e. The van der Waals surface area contributed by atoms with Gasteiger partial charge in [0.1, 0.15) is 5.65 Å². The molecule has 30 heavy (non-hydrogen) atoms. The first-order valence-corrected chi connectivity index (χ1v) is 10.3. The van der Waals surface area contributed by atoms with Crippen molar-refractivity contribution in [1.82, 2.24) is 14.1 Å². The Morgan fingerprint density at radius 3 is 2.53 bits per heavy atom. The van der Waals surface area contributed by atoms with E-state index in [0.29, 0.717) is 10.7 Å². The molecule has 4 rings (SSSR count). The highest BCUT2D eigenvalue weighted by atomic mass is 35.5. The molecule has 1 saturated carbocycles. The predicted molar refractivity (Wildman–Crippen MR) is 117 cm³/mol. The van der Waals surface area contributed by atoms with Gasteiger partial charge in [-0.15, -0.1) is 0 Å². The van der Waals surface area contributed by atoms with Crippen LogP contribution in [0.3, 0.4) is 0 Å². The summed E-state index contributed by atoms with van der Waals surface area (Å²) >= 11 is 6.21. The van der Waals surface area contributed by atoms with E-state index in [2.05, 4.69) is 10.3 Å². The molecule has 0 bridgehead atoms. The van der Waals surface area contributed by atoms with Gasteiger partial charge in [-0.25, -0.2) is 9.78 Å². The van der Waals surface area contributed by atoms with Gasteiger partial charge in [0.15, 0.2) is 0 Å². The number of hydrogen-bond acceptors (Lipinski definition) is 4. The Morgan fingerprint density at radius 1 is 1.10 bits per heavy atom. The number of nitrogens with zero attached hydrogens (tertiary/aromatic N) is 3. The lowest BCUT2D eigenvalue weighted by molar-refractivity contribution is -0.122. The van der Waals surface area contributed by atoms with Crippen molar-refractivity contribution in [2.45, 2.75) is 37.5 Å². The van der Waals surface area contributed by atoms with E-state index in [1.807, 2.05) is 18.2 Å². The Bertz CT molecular complexity index is 1260. The smallest absolute Gasteiger partial charge is 0.324 e. The van der Waals surface area contributed by atoms with Crippen molar-refractivity contribution in [3.63, 3.8) is 0 Å². The third-order valence-corrected chi connectivity index (χ3v) is 6.31. The Morgan fingerprint density at radius 2 is 1.83 bits per heavy atom. The second-order valence-electron chi connectivity index (χ2n) is 7.91. The molecule has 3 aromatic rings. The molecule has 1 aromatic carbocycles. The topological polar surface area (TPSA) is 86.0 Å². The number of aromatic nitrogens is 3. The summed E-state index contributed by atoms with van der Waals surface area (Å²) in [4.78, 5) is 42.4. The average Bonchev–Trinajstić information content (AvgIpc) is 2.76. The van der Waals surface area contributed by atoms with Gasteiger partial charge in [0.05, 0.1) is 22.7 Å². The fourth-order valence-corrected chi connectivity index (χ4v) is 4.56. The van der Waals surface area contributed by atoms with E-state index in [9.17, 15) is 14.4 Å². The molecule has 2 aromatic heterocycles. The minimum absolute atomic E-state index is 0.132. The van der Waals surface area contributed by atoms with Crippen LogP contribution in [0.2, 0.25) is 5.02 Å². The molecule has 156 valence electrons. The van der Waals surface area contributed by atoms with Crippen LogP contribution in [0, 0.1) is 0 Å². The summed E-state index contributed by atoms with van der Waals surface area (Å²) in [5.74, 6) is -0.132. The maximum Gasteiger partial charge on any atom is 0.332 e. The number of aryl methyl sites for hydroxylation is 1. The average molecular weight is 427 g/mol. The van der Waals surface area contributed by atoms with Gasteiger partial charge in [-0.3, -0.25) is 18.7 Å². The first kappa shape index (κ1) is 20.3. The van der Waals surface area contributed by atoms with E-state index in [0.717, 1.165) is 42.2 Å². The molecule has 0 aliphatic heterocycles. The van der Waals surface area contributed by atoms with E-state index < -0.39 is 16.7 Å². The van der Waals surface area contributed by atoms with Gasteiger partial charge in [-0.05, 0) is 36.6 Å². The van der Waals surface area contributed by atoms with Crippen molar-refractivity contribution < 1.29 is 4.79 Å². The van der Waals surface area contributed by atoms with Crippen molar-refractivity contribution >= 4 is 34.2 Å². The van der Waals surface area contributed by atoms with Crippen molar-refractivity contribution in [2.75, 3.05) is 5.32 Å². The monoisotopic (exact) mass is 426 g/mol. The number of halogens is 1. The number of nitrogens with one attached hydrogen (secondary N) is 1. The predicted octanol–water partition coefficient (Wildman–Crippen LogP) is 3.13. The summed E-state index contributed by atoms with van der Waals surface area (Å²) in [6.45, 7) is 0. The number of benzene rings is 1. The molecular weight excluding hydrogens is 404 g/mol. The summed E-state index contributed by atoms with van der Waals surface area (Å²) in [6.07, 6.45) is 5.95. The van der Waals surface area contributed by atoms with Crippen molar-refractivity contribution in [3.05, 3.63) is 68.0 Å². The molecule has 0 saturated heterocycles. The number of pyridine rings is 1. The SMILES string of the molecule is Cn1c(=O)c2cc(NC(=O)C3(c4cccc(Cl)c4)CCCCC3)cnc2n(C)c1=O. The Kier molecular flexibility index (Phi) is 5.24. The maximum atomic E-state index is 13.5. The summed E-state index contributed by atoms with van der Waals surface area (Å²) in [7, 11) is 2.98. The molecule has 1 N–H and O–H groups in total. The summed E-state index contributed by atoms with van der Waals surface area (Å²) in [5.41, 5.74) is 0.0442. The number of hydrogen-bond donors (Lipinski definition) is 1. The Balaban J connectivity index is 1.75. The van der Waals surface area contributed by atoms with E-state index in [4.69, 9.17) is 11.6 Å². The minimum atomic E-state index is -0.674. The number of carbonyl (C=O) groups excluding carboxylic acids is 1. The first-order valence-electron chi connectivity index (χ1n) is 9.97. The molecule has 1 fully saturated rings. The number of rotatable bonds is 3. The highest BCUT2D eigenvalue weighted by Gasteiger charge is 2.41. The third kappa shape index (κ3) is 3.33. The Hall–Kier alpha value is -2.93. The molecule has 0 atom stereocenters. The molecule has 0 spiro atoms. The zero-order valence-corrected chi connectivity index (χ0v) is 17.7. The number of amides is 1. The second-order valence-corrected chi connectivity index (χ2v) is 8.34. The number of anilines is 1. The van der Waals surface area contributed by atoms with Crippen molar-refractivity contribution in [2.24, 2.45) is 14.1 Å². The third-order valence-electron chi connectivity index (χ3n) is 6.07. The van der Waals surface area contributed by atoms with Gasteiger partial charge in [0, 0.05) is 19.1 Å². The number of carbonyl (C=O) groups is 1. The van der Waals surface area contributed by atoms with Gasteiger partial charge in [-0.2, -0.15) is 0 Å². The quantitative estimate of drug-likeness (QED) is 0.697. The van der Waals surface area contributed by atoms with E-state index in [-0.39, 0.29) is 16.9 Å². The van der Waals surface area contributed by atoms with Crippen LogP contribution in [0.25, 0.3) is 11.0 Å². The molecule has 0 unspecified atom stereocenters. The van der Waals surface area contributed by atoms with E-state index in [1.54, 1.807) is 19.2 Å². The Labute approximate surface area is 178 Å². The van der Waals surface area contributed by atoms with Crippen LogP contribution in [0.15, 0.2) is 46.1 Å². The standard InChI is InChI=1S/C22H23ClN4O3/c1-26-18-17(19(28)27(2)21(26)30)12-16(13-24-18)25-20(29)22(9-4-3-5-10-22)14-7-6-8-15(23)11-14/h6-8,11-13H,3-5,9-10H2,1-2H3,(H,25,29). The molecular formula is C22H23ClN4O3. The van der Waals surface area contributed by atoms with Crippen LogP contribution in [0.1, 0.15) is 37.7 Å². The molecule has 2 heterocycles. The lowest BCUT2D eigenvalue weighted by Gasteiger charge is -2.36. The van der Waals surface area contributed by atoms with Gasteiger partial charge in [0.2, 0.25) is 5.91 Å². The fourth-order valence-electron chi connectivity index (χ4n) is 4.37. The van der Waals surface area contributed by atoms with Gasteiger partial charge in [0.25, 0.3) is 5.56 Å². The zero-order valence-electron chi connectivity index (χ0n) is 16.9. The molecule has 8 heteroatoms. The summed E-state index contributed by atoms with van der Waals surface area (Å²) < 4.78 is 2.35. The fraction of sp³-hybridized carbons (Fsp3) is 0.364. The normalized spacial score (nSPS) is 15.8. The highest BCUT2D eigenvalue weighted by molar-refractivity contribution is 6.30. The van der Waals surface area contributed by atoms with Crippen LogP contribution in [0.4, 0.5) is 5.69 Å². The minimum Gasteiger partial charge on any atom is -0.324 e. The highest BCUT2D eigenvalue weighted by Crippen LogP contribution is 2.41. The molecule has 0 radical (unpaired) electrons. The van der Waals surface area contributed by atoms with E-state index >= 15 is 0 Å². The lowest BCUT2D eigenvalue weighted by Crippen LogP contribution is -2.42. The van der Waals surface area contributed by atoms with Crippen LogP contribution in [-0.4, -0.2) is 20.0 Å². The summed E-state index contributed by atoms with van der Waals surface area (Å²) in [6, 6.07) is 9.05.